The van der Waals surface area contributed by atoms with Crippen LogP contribution in [0.2, 0.25) is 10.0 Å². The van der Waals surface area contributed by atoms with E-state index in [0.717, 1.165) is 5.56 Å². The molecule has 0 aliphatic carbocycles. The molecule has 0 aliphatic heterocycles. The molecule has 0 aliphatic rings. The van der Waals surface area contributed by atoms with Crippen molar-refractivity contribution in [1.82, 2.24) is 4.90 Å². The van der Waals surface area contributed by atoms with Crippen LogP contribution in [0.4, 0.5) is 11.4 Å². The summed E-state index contributed by atoms with van der Waals surface area (Å²) < 4.78 is 10.5. The molecule has 0 spiro atoms. The van der Waals surface area contributed by atoms with Crippen LogP contribution in [0.25, 0.3) is 0 Å². The quantitative estimate of drug-likeness (QED) is 0.524. The average Bonchev–Trinajstić information content (AvgIpc) is 2.58. The van der Waals surface area contributed by atoms with Crippen molar-refractivity contribution in [2.75, 3.05) is 28.3 Å². The zero-order valence-corrected chi connectivity index (χ0v) is 16.0. The molecule has 0 saturated carbocycles. The van der Waals surface area contributed by atoms with Gasteiger partial charge >= 0.3 is 0 Å². The first-order valence-corrected chi connectivity index (χ1v) is 8.15. The Kier molecular flexibility index (Phi) is 6.67. The van der Waals surface area contributed by atoms with Crippen molar-refractivity contribution < 1.29 is 9.47 Å². The Morgan fingerprint density at radius 2 is 1.44 bits per heavy atom. The Morgan fingerprint density at radius 3 is 1.92 bits per heavy atom. The fraction of sp³-hybridized carbons (Fsp3) is 0.222. The molecule has 0 amide bonds. The van der Waals surface area contributed by atoms with Gasteiger partial charge in [-0.15, -0.1) is 0 Å². The molecule has 132 valence electrons. The van der Waals surface area contributed by atoms with Crippen LogP contribution in [0.15, 0.2) is 40.3 Å². The van der Waals surface area contributed by atoms with Gasteiger partial charge in [0.05, 0.1) is 36.3 Å². The van der Waals surface area contributed by atoms with Crippen LogP contribution < -0.4 is 9.47 Å². The highest BCUT2D eigenvalue weighted by Gasteiger charge is 2.07. The number of halogens is 2. The molecule has 0 fully saturated rings. The van der Waals surface area contributed by atoms with Gasteiger partial charge in [-0.05, 0) is 24.3 Å². The monoisotopic (exact) mass is 379 g/mol. The molecular formula is C18H19Cl2N3O2. The minimum absolute atomic E-state index is 0.431. The summed E-state index contributed by atoms with van der Waals surface area (Å²) in [7, 11) is 6.93. The number of rotatable bonds is 6. The van der Waals surface area contributed by atoms with Gasteiger partial charge < -0.3 is 14.4 Å². The molecule has 7 heteroatoms. The fourth-order valence-electron chi connectivity index (χ4n) is 1.98. The van der Waals surface area contributed by atoms with E-state index in [-0.39, 0.29) is 0 Å². The molecule has 2 aromatic rings. The van der Waals surface area contributed by atoms with E-state index in [2.05, 4.69) is 9.98 Å². The predicted molar refractivity (Wildman–Crippen MR) is 105 cm³/mol. The van der Waals surface area contributed by atoms with Crippen LogP contribution in [0, 0.1) is 0 Å². The second-order valence-electron chi connectivity index (χ2n) is 5.37. The van der Waals surface area contributed by atoms with Gasteiger partial charge in [0.2, 0.25) is 0 Å². The average molecular weight is 380 g/mol. The summed E-state index contributed by atoms with van der Waals surface area (Å²) in [6, 6.07) is 8.92. The Bertz CT molecular complexity index is 760. The lowest BCUT2D eigenvalue weighted by atomic mass is 10.2. The Labute approximate surface area is 157 Å². The zero-order chi connectivity index (χ0) is 18.4. The van der Waals surface area contributed by atoms with Gasteiger partial charge in [0.15, 0.2) is 0 Å². The van der Waals surface area contributed by atoms with Crippen LogP contribution in [0.3, 0.4) is 0 Å². The van der Waals surface area contributed by atoms with Gasteiger partial charge in [0.1, 0.15) is 17.2 Å². The van der Waals surface area contributed by atoms with Crippen molar-refractivity contribution in [1.29, 1.82) is 0 Å². The van der Waals surface area contributed by atoms with E-state index >= 15 is 0 Å². The van der Waals surface area contributed by atoms with E-state index in [1.807, 2.05) is 26.2 Å². The number of nitrogens with zero attached hydrogens (tertiary/aromatic N) is 3. The van der Waals surface area contributed by atoms with Crippen LogP contribution in [0.1, 0.15) is 5.56 Å². The first-order valence-electron chi connectivity index (χ1n) is 7.39. The molecule has 0 unspecified atom stereocenters. The third-order valence-electron chi connectivity index (χ3n) is 3.16. The molecule has 0 saturated heterocycles. The highest BCUT2D eigenvalue weighted by molar-refractivity contribution is 6.39. The molecule has 0 aromatic heterocycles. The van der Waals surface area contributed by atoms with Gasteiger partial charge in [0, 0.05) is 31.9 Å². The third kappa shape index (κ3) is 5.37. The Balaban J connectivity index is 2.30. The summed E-state index contributed by atoms with van der Waals surface area (Å²) in [6.45, 7) is 0. The van der Waals surface area contributed by atoms with Gasteiger partial charge in [-0.25, -0.2) is 4.99 Å². The highest BCUT2D eigenvalue weighted by atomic mass is 35.5. The standard InChI is InChI=1S/C18H19Cl2N3O2/c1-23(2)11-22-18-16(19)7-13(8-17(18)20)21-10-12-5-14(24-3)9-15(6-12)25-4/h5-11H,1-4H3. The highest BCUT2D eigenvalue weighted by Crippen LogP contribution is 2.37. The first-order chi connectivity index (χ1) is 11.9. The van der Waals surface area contributed by atoms with Crippen molar-refractivity contribution in [3.63, 3.8) is 0 Å². The van der Waals surface area contributed by atoms with E-state index in [1.165, 1.54) is 0 Å². The molecule has 2 aromatic carbocycles. The maximum absolute atomic E-state index is 6.26. The summed E-state index contributed by atoms with van der Waals surface area (Å²) in [6.07, 6.45) is 3.33. The van der Waals surface area contributed by atoms with E-state index < -0.39 is 0 Å². The summed E-state index contributed by atoms with van der Waals surface area (Å²) in [5.74, 6) is 1.37. The number of aliphatic imine (C=N–C) groups is 2. The van der Waals surface area contributed by atoms with Crippen molar-refractivity contribution in [2.24, 2.45) is 9.98 Å². The fourth-order valence-corrected chi connectivity index (χ4v) is 2.55. The van der Waals surface area contributed by atoms with Crippen molar-refractivity contribution in [2.45, 2.75) is 0 Å². The van der Waals surface area contributed by atoms with E-state index in [1.54, 1.807) is 49.9 Å². The molecular weight excluding hydrogens is 361 g/mol. The van der Waals surface area contributed by atoms with E-state index in [0.29, 0.717) is 32.9 Å². The predicted octanol–water partition coefficient (Wildman–Crippen LogP) is 4.98. The molecule has 0 atom stereocenters. The summed E-state index contributed by atoms with van der Waals surface area (Å²) in [4.78, 5) is 10.5. The van der Waals surface area contributed by atoms with Crippen LogP contribution >= 0.6 is 23.2 Å². The number of methoxy groups -OCH3 is 2. The Morgan fingerprint density at radius 1 is 0.880 bits per heavy atom. The van der Waals surface area contributed by atoms with Crippen molar-refractivity contribution >= 4 is 47.1 Å². The number of hydrogen-bond acceptors (Lipinski definition) is 4. The molecule has 5 nitrogen and oxygen atoms in total. The van der Waals surface area contributed by atoms with Crippen molar-refractivity contribution in [3.8, 4) is 11.5 Å². The van der Waals surface area contributed by atoms with Crippen molar-refractivity contribution in [3.05, 3.63) is 45.9 Å². The van der Waals surface area contributed by atoms with Gasteiger partial charge in [-0.3, -0.25) is 4.99 Å². The zero-order valence-electron chi connectivity index (χ0n) is 14.5. The minimum Gasteiger partial charge on any atom is -0.497 e. The molecule has 0 bridgehead atoms. The second-order valence-corrected chi connectivity index (χ2v) is 6.18. The largest absolute Gasteiger partial charge is 0.497 e. The molecule has 25 heavy (non-hydrogen) atoms. The summed E-state index contributed by atoms with van der Waals surface area (Å²) >= 11 is 12.5. The normalized spacial score (nSPS) is 11.3. The number of hydrogen-bond donors (Lipinski definition) is 0. The molecule has 0 N–H and O–H groups in total. The maximum atomic E-state index is 6.26. The smallest absolute Gasteiger partial charge is 0.123 e. The van der Waals surface area contributed by atoms with Crippen LogP contribution in [0.5, 0.6) is 11.5 Å². The second kappa shape index (κ2) is 8.74. The lowest BCUT2D eigenvalue weighted by Gasteiger charge is -2.07. The maximum Gasteiger partial charge on any atom is 0.123 e. The van der Waals surface area contributed by atoms with E-state index in [4.69, 9.17) is 32.7 Å². The van der Waals surface area contributed by atoms with Gasteiger partial charge in [0.25, 0.3) is 0 Å². The van der Waals surface area contributed by atoms with Gasteiger partial charge in [-0.1, -0.05) is 23.2 Å². The minimum atomic E-state index is 0.431. The number of ether oxygens (including phenoxy) is 2. The SMILES string of the molecule is COc1cc(C=Nc2cc(Cl)c(N=CN(C)C)c(Cl)c2)cc(OC)c1. The Hall–Kier alpha value is -2.24. The van der Waals surface area contributed by atoms with Crippen LogP contribution in [-0.4, -0.2) is 45.8 Å². The summed E-state index contributed by atoms with van der Waals surface area (Å²) in [5.41, 5.74) is 1.97. The third-order valence-corrected chi connectivity index (χ3v) is 3.73. The van der Waals surface area contributed by atoms with Gasteiger partial charge in [-0.2, -0.15) is 0 Å². The lowest BCUT2D eigenvalue weighted by molar-refractivity contribution is 0.394. The molecule has 0 radical (unpaired) electrons. The molecule has 0 heterocycles. The van der Waals surface area contributed by atoms with Crippen LogP contribution in [-0.2, 0) is 0 Å². The van der Waals surface area contributed by atoms with E-state index in [9.17, 15) is 0 Å². The molecule has 2 rings (SSSR count). The lowest BCUT2D eigenvalue weighted by Crippen LogP contribution is -2.07. The topological polar surface area (TPSA) is 46.4 Å². The summed E-state index contributed by atoms with van der Waals surface area (Å²) in [5, 5.41) is 0.863. The number of benzene rings is 2. The first kappa shape index (κ1) is 19.1.